The number of nitrogens with zero attached hydrogens (tertiary/aromatic N) is 2. The summed E-state index contributed by atoms with van der Waals surface area (Å²) in [5.41, 5.74) is 3.54. The predicted molar refractivity (Wildman–Crippen MR) is 88.3 cm³/mol. The monoisotopic (exact) mass is 311 g/mol. The van der Waals surface area contributed by atoms with Gasteiger partial charge in [0.2, 0.25) is 0 Å². The second kappa shape index (κ2) is 5.25. The molecule has 0 saturated heterocycles. The van der Waals surface area contributed by atoms with Gasteiger partial charge in [-0.2, -0.15) is 0 Å². The van der Waals surface area contributed by atoms with Crippen LogP contribution in [0.4, 0.5) is 0 Å². The Bertz CT molecular complexity index is 845. The predicted octanol–water partition coefficient (Wildman–Crippen LogP) is 3.51. The van der Waals surface area contributed by atoms with Crippen molar-refractivity contribution in [2.75, 3.05) is 6.54 Å². The molecule has 0 unspecified atom stereocenters. The van der Waals surface area contributed by atoms with Crippen LogP contribution in [0.2, 0.25) is 0 Å². The number of fused-ring (bicyclic) bond motifs is 1. The van der Waals surface area contributed by atoms with Crippen molar-refractivity contribution in [3.8, 4) is 11.4 Å². The summed E-state index contributed by atoms with van der Waals surface area (Å²) < 4.78 is 2.04. The maximum Gasteiger partial charge on any atom is 0.253 e. The maximum absolute atomic E-state index is 12.5. The Morgan fingerprint density at radius 3 is 3.05 bits per heavy atom. The fraction of sp³-hybridized carbons (Fsp3) is 0.294. The van der Waals surface area contributed by atoms with E-state index in [2.05, 4.69) is 10.3 Å². The third-order valence-corrected chi connectivity index (χ3v) is 4.82. The molecule has 112 valence electrons. The molecule has 3 aromatic rings. The molecule has 0 aromatic carbocycles. The van der Waals surface area contributed by atoms with Crippen molar-refractivity contribution < 1.29 is 4.79 Å². The second-order valence-electron chi connectivity index (χ2n) is 5.80. The third kappa shape index (κ3) is 2.41. The highest BCUT2D eigenvalue weighted by atomic mass is 32.1. The first-order valence-corrected chi connectivity index (χ1v) is 8.41. The molecule has 1 aliphatic rings. The molecule has 1 fully saturated rings. The topological polar surface area (TPSA) is 46.4 Å². The molecule has 0 radical (unpaired) electrons. The zero-order valence-electron chi connectivity index (χ0n) is 12.4. The summed E-state index contributed by atoms with van der Waals surface area (Å²) in [4.78, 5) is 17.1. The highest BCUT2D eigenvalue weighted by Gasteiger charge is 2.23. The number of aromatic nitrogens is 2. The fourth-order valence-electron chi connectivity index (χ4n) is 2.67. The van der Waals surface area contributed by atoms with Crippen molar-refractivity contribution in [3.63, 3.8) is 0 Å². The van der Waals surface area contributed by atoms with Crippen molar-refractivity contribution in [2.24, 2.45) is 5.92 Å². The van der Waals surface area contributed by atoms with E-state index >= 15 is 0 Å². The molecule has 0 spiro atoms. The Labute approximate surface area is 132 Å². The molecular formula is C17H17N3OS. The average molecular weight is 311 g/mol. The number of pyridine rings is 1. The van der Waals surface area contributed by atoms with Crippen LogP contribution in [0.15, 0.2) is 35.8 Å². The lowest BCUT2D eigenvalue weighted by atomic mass is 10.2. The molecule has 5 heteroatoms. The Balaban J connectivity index is 1.76. The second-order valence-corrected chi connectivity index (χ2v) is 6.87. The molecule has 4 nitrogen and oxygen atoms in total. The van der Waals surface area contributed by atoms with Crippen molar-refractivity contribution >= 4 is 22.8 Å². The van der Waals surface area contributed by atoms with E-state index in [9.17, 15) is 4.79 Å². The minimum Gasteiger partial charge on any atom is -0.352 e. The smallest absolute Gasteiger partial charge is 0.253 e. The quantitative estimate of drug-likeness (QED) is 0.801. The molecule has 4 rings (SSSR count). The van der Waals surface area contributed by atoms with E-state index in [-0.39, 0.29) is 5.91 Å². The van der Waals surface area contributed by atoms with E-state index in [4.69, 9.17) is 0 Å². The standard InChI is InChI=1S/C17H17N3OS/c1-11-19-14(10-22-11)16-8-13(15-4-2-3-7-20(15)16)17(21)18-9-12-5-6-12/h2-4,7-8,10,12H,5-6,9H2,1H3,(H,18,21). The average Bonchev–Trinajstić information content (AvgIpc) is 3.14. The van der Waals surface area contributed by atoms with Crippen LogP contribution in [0.1, 0.15) is 28.2 Å². The van der Waals surface area contributed by atoms with Crippen LogP contribution in [0.25, 0.3) is 16.9 Å². The van der Waals surface area contributed by atoms with Crippen LogP contribution < -0.4 is 5.32 Å². The summed E-state index contributed by atoms with van der Waals surface area (Å²) in [6.07, 6.45) is 4.46. The first-order chi connectivity index (χ1) is 10.7. The van der Waals surface area contributed by atoms with Gasteiger partial charge in [0.15, 0.2) is 0 Å². The number of thiazole rings is 1. The van der Waals surface area contributed by atoms with Gasteiger partial charge in [0.25, 0.3) is 5.91 Å². The van der Waals surface area contributed by atoms with E-state index in [1.165, 1.54) is 12.8 Å². The van der Waals surface area contributed by atoms with Crippen molar-refractivity contribution in [3.05, 3.63) is 46.4 Å². The molecule has 1 aliphatic carbocycles. The largest absolute Gasteiger partial charge is 0.352 e. The lowest BCUT2D eigenvalue weighted by Gasteiger charge is -2.03. The molecule has 3 heterocycles. The number of carbonyl (C=O) groups is 1. The zero-order valence-corrected chi connectivity index (χ0v) is 13.2. The molecule has 0 bridgehead atoms. The van der Waals surface area contributed by atoms with E-state index in [1.807, 2.05) is 47.2 Å². The summed E-state index contributed by atoms with van der Waals surface area (Å²) >= 11 is 1.62. The first-order valence-electron chi connectivity index (χ1n) is 7.53. The van der Waals surface area contributed by atoms with Crippen LogP contribution in [-0.4, -0.2) is 21.8 Å². The summed E-state index contributed by atoms with van der Waals surface area (Å²) in [6, 6.07) is 7.87. The number of rotatable bonds is 4. The number of hydrogen-bond donors (Lipinski definition) is 1. The summed E-state index contributed by atoms with van der Waals surface area (Å²) in [5, 5.41) is 6.12. The van der Waals surface area contributed by atoms with E-state index in [0.29, 0.717) is 5.92 Å². The Morgan fingerprint density at radius 1 is 1.45 bits per heavy atom. The van der Waals surface area contributed by atoms with Crippen LogP contribution in [0.3, 0.4) is 0 Å². The van der Waals surface area contributed by atoms with Crippen molar-refractivity contribution in [1.82, 2.24) is 14.7 Å². The number of aryl methyl sites for hydroxylation is 1. The van der Waals surface area contributed by atoms with Gasteiger partial charge in [-0.25, -0.2) is 4.98 Å². The van der Waals surface area contributed by atoms with Crippen molar-refractivity contribution in [1.29, 1.82) is 0 Å². The van der Waals surface area contributed by atoms with E-state index in [0.717, 1.165) is 34.0 Å². The molecular weight excluding hydrogens is 294 g/mol. The van der Waals surface area contributed by atoms with Crippen LogP contribution in [-0.2, 0) is 0 Å². The Hall–Kier alpha value is -2.14. The van der Waals surface area contributed by atoms with E-state index < -0.39 is 0 Å². The molecule has 1 amide bonds. The SMILES string of the molecule is Cc1nc(-c2cc(C(=O)NCC3CC3)c3ccccn23)cs1. The van der Waals surface area contributed by atoms with Crippen LogP contribution in [0, 0.1) is 12.8 Å². The molecule has 3 aromatic heterocycles. The third-order valence-electron chi connectivity index (χ3n) is 4.05. The van der Waals surface area contributed by atoms with Gasteiger partial charge in [-0.05, 0) is 43.9 Å². The molecule has 1 N–H and O–H groups in total. The minimum atomic E-state index is 0.00815. The van der Waals surface area contributed by atoms with Gasteiger partial charge in [0.05, 0.1) is 27.5 Å². The highest BCUT2D eigenvalue weighted by molar-refractivity contribution is 7.09. The lowest BCUT2D eigenvalue weighted by Crippen LogP contribution is -2.25. The fourth-order valence-corrected chi connectivity index (χ4v) is 3.27. The number of carbonyl (C=O) groups excluding carboxylic acids is 1. The summed E-state index contributed by atoms with van der Waals surface area (Å²) in [7, 11) is 0. The Morgan fingerprint density at radius 2 is 2.32 bits per heavy atom. The normalized spacial score (nSPS) is 14.4. The van der Waals surface area contributed by atoms with Gasteiger partial charge < -0.3 is 9.72 Å². The van der Waals surface area contributed by atoms with Gasteiger partial charge in [0, 0.05) is 18.1 Å². The van der Waals surface area contributed by atoms with Gasteiger partial charge in [-0.3, -0.25) is 4.79 Å². The molecule has 1 saturated carbocycles. The van der Waals surface area contributed by atoms with Crippen LogP contribution in [0.5, 0.6) is 0 Å². The van der Waals surface area contributed by atoms with Gasteiger partial charge in [0.1, 0.15) is 0 Å². The zero-order chi connectivity index (χ0) is 15.1. The van der Waals surface area contributed by atoms with Crippen LogP contribution >= 0.6 is 11.3 Å². The van der Waals surface area contributed by atoms with Gasteiger partial charge >= 0.3 is 0 Å². The minimum absolute atomic E-state index is 0.00815. The lowest BCUT2D eigenvalue weighted by molar-refractivity contribution is 0.0953. The molecule has 0 atom stereocenters. The molecule has 22 heavy (non-hydrogen) atoms. The first kappa shape index (κ1) is 13.5. The number of amides is 1. The van der Waals surface area contributed by atoms with Crippen molar-refractivity contribution in [2.45, 2.75) is 19.8 Å². The number of hydrogen-bond acceptors (Lipinski definition) is 3. The summed E-state index contributed by atoms with van der Waals surface area (Å²) in [5.74, 6) is 0.687. The molecule has 0 aliphatic heterocycles. The number of nitrogens with one attached hydrogen (secondary N) is 1. The van der Waals surface area contributed by atoms with Gasteiger partial charge in [-0.15, -0.1) is 11.3 Å². The van der Waals surface area contributed by atoms with Gasteiger partial charge in [-0.1, -0.05) is 6.07 Å². The summed E-state index contributed by atoms with van der Waals surface area (Å²) in [6.45, 7) is 2.78. The Kier molecular flexibility index (Phi) is 3.22. The highest BCUT2D eigenvalue weighted by Crippen LogP contribution is 2.29. The maximum atomic E-state index is 12.5. The van der Waals surface area contributed by atoms with E-state index in [1.54, 1.807) is 11.3 Å².